The van der Waals surface area contributed by atoms with Crippen LogP contribution in [0.25, 0.3) is 0 Å². The van der Waals surface area contributed by atoms with Gasteiger partial charge in [0.1, 0.15) is 0 Å². The van der Waals surface area contributed by atoms with Crippen LogP contribution >= 0.6 is 23.4 Å². The highest BCUT2D eigenvalue weighted by Gasteiger charge is 1.99. The quantitative estimate of drug-likeness (QED) is 0.346. The Morgan fingerprint density at radius 2 is 2.33 bits per heavy atom. The molecule has 0 aliphatic rings. The fourth-order valence-electron chi connectivity index (χ4n) is 0.854. The third-order valence-corrected chi connectivity index (χ3v) is 2.42. The summed E-state index contributed by atoms with van der Waals surface area (Å²) in [6.45, 7) is 0. The van der Waals surface area contributed by atoms with Gasteiger partial charge in [-0.1, -0.05) is 22.8 Å². The van der Waals surface area contributed by atoms with Crippen LogP contribution in [0.15, 0.2) is 28.3 Å². The first-order valence-electron chi connectivity index (χ1n) is 3.29. The molecule has 0 saturated carbocycles. The van der Waals surface area contributed by atoms with Crippen molar-refractivity contribution in [2.24, 2.45) is 5.16 Å². The van der Waals surface area contributed by atoms with Crippen molar-refractivity contribution in [1.29, 1.82) is 0 Å². The number of oxime groups is 1. The lowest BCUT2D eigenvalue weighted by molar-refractivity contribution is 0.322. The monoisotopic (exact) mass is 201 g/mol. The average Bonchev–Trinajstić information content (AvgIpc) is 2.08. The Kier molecular flexibility index (Phi) is 3.44. The van der Waals surface area contributed by atoms with E-state index in [1.54, 1.807) is 17.8 Å². The molecule has 1 rings (SSSR count). The predicted octanol–water partition coefficient (Wildman–Crippen LogP) is 2.87. The van der Waals surface area contributed by atoms with Crippen LogP contribution < -0.4 is 0 Å². The minimum absolute atomic E-state index is 0.689. The van der Waals surface area contributed by atoms with Crippen molar-refractivity contribution in [2.45, 2.75) is 4.90 Å². The molecule has 0 atom stereocenters. The third-order valence-electron chi connectivity index (χ3n) is 1.39. The van der Waals surface area contributed by atoms with Crippen molar-refractivity contribution in [3.63, 3.8) is 0 Å². The second-order valence-electron chi connectivity index (χ2n) is 2.13. The van der Waals surface area contributed by atoms with Gasteiger partial charge >= 0.3 is 0 Å². The highest BCUT2D eigenvalue weighted by molar-refractivity contribution is 7.98. The number of halogens is 1. The summed E-state index contributed by atoms with van der Waals surface area (Å²) in [6.07, 6.45) is 3.34. The number of nitrogens with zero attached hydrogens (tertiary/aromatic N) is 1. The SMILES string of the molecule is CSc1cc(Cl)ccc1C=NO. The van der Waals surface area contributed by atoms with E-state index < -0.39 is 0 Å². The highest BCUT2D eigenvalue weighted by atomic mass is 35.5. The molecule has 0 bridgehead atoms. The zero-order valence-corrected chi connectivity index (χ0v) is 8.06. The Morgan fingerprint density at radius 3 is 2.92 bits per heavy atom. The summed E-state index contributed by atoms with van der Waals surface area (Å²) in [5, 5.41) is 12.0. The lowest BCUT2D eigenvalue weighted by atomic mass is 10.2. The average molecular weight is 202 g/mol. The molecular weight excluding hydrogens is 194 g/mol. The van der Waals surface area contributed by atoms with Crippen molar-refractivity contribution in [1.82, 2.24) is 0 Å². The van der Waals surface area contributed by atoms with Crippen molar-refractivity contribution in [3.05, 3.63) is 28.8 Å². The van der Waals surface area contributed by atoms with E-state index in [0.717, 1.165) is 10.5 Å². The number of benzene rings is 1. The molecule has 0 fully saturated rings. The zero-order chi connectivity index (χ0) is 8.97. The molecule has 4 heteroatoms. The Morgan fingerprint density at radius 1 is 1.58 bits per heavy atom. The van der Waals surface area contributed by atoms with E-state index in [0.29, 0.717) is 5.02 Å². The van der Waals surface area contributed by atoms with Gasteiger partial charge in [-0.15, -0.1) is 11.8 Å². The molecule has 12 heavy (non-hydrogen) atoms. The molecule has 1 aromatic carbocycles. The fraction of sp³-hybridized carbons (Fsp3) is 0.125. The van der Waals surface area contributed by atoms with Gasteiger partial charge in [-0.3, -0.25) is 0 Å². The Bertz CT molecular complexity index is 301. The molecule has 0 aliphatic carbocycles. The molecule has 0 radical (unpaired) electrons. The smallest absolute Gasteiger partial charge is 0.0745 e. The van der Waals surface area contributed by atoms with Gasteiger partial charge in [-0.05, 0) is 18.4 Å². The minimum Gasteiger partial charge on any atom is -0.411 e. The molecule has 0 aromatic heterocycles. The number of thioether (sulfide) groups is 1. The van der Waals surface area contributed by atoms with E-state index in [4.69, 9.17) is 16.8 Å². The number of rotatable bonds is 2. The Hall–Kier alpha value is -0.670. The summed E-state index contributed by atoms with van der Waals surface area (Å²) in [4.78, 5) is 1.00. The predicted molar refractivity (Wildman–Crippen MR) is 52.6 cm³/mol. The van der Waals surface area contributed by atoms with Crippen molar-refractivity contribution >= 4 is 29.6 Å². The summed E-state index contributed by atoms with van der Waals surface area (Å²) < 4.78 is 0. The summed E-state index contributed by atoms with van der Waals surface area (Å²) in [5.74, 6) is 0. The highest BCUT2D eigenvalue weighted by Crippen LogP contribution is 2.22. The van der Waals surface area contributed by atoms with Crippen molar-refractivity contribution in [2.75, 3.05) is 6.26 Å². The molecule has 0 heterocycles. The Labute approximate surface area is 80.2 Å². The maximum absolute atomic E-state index is 8.34. The van der Waals surface area contributed by atoms with Crippen molar-refractivity contribution in [3.8, 4) is 0 Å². The van der Waals surface area contributed by atoms with E-state index in [1.165, 1.54) is 6.21 Å². The minimum atomic E-state index is 0.689. The summed E-state index contributed by atoms with van der Waals surface area (Å²) in [5.41, 5.74) is 0.870. The van der Waals surface area contributed by atoms with Gasteiger partial charge in [0.25, 0.3) is 0 Å². The van der Waals surface area contributed by atoms with Gasteiger partial charge in [0.05, 0.1) is 6.21 Å². The first-order valence-corrected chi connectivity index (χ1v) is 4.89. The van der Waals surface area contributed by atoms with Gasteiger partial charge in [-0.25, -0.2) is 0 Å². The molecule has 2 nitrogen and oxygen atoms in total. The summed E-state index contributed by atoms with van der Waals surface area (Å²) in [6, 6.07) is 5.41. The molecule has 0 unspecified atom stereocenters. The standard InChI is InChI=1S/C8H8ClNOS/c1-12-8-4-7(9)3-2-6(8)5-10-11/h2-5,11H,1H3. The zero-order valence-electron chi connectivity index (χ0n) is 6.49. The number of hydrogen-bond acceptors (Lipinski definition) is 3. The van der Waals surface area contributed by atoms with Crippen LogP contribution in [0.5, 0.6) is 0 Å². The molecule has 0 aliphatic heterocycles. The van der Waals surface area contributed by atoms with E-state index in [-0.39, 0.29) is 0 Å². The molecule has 0 spiro atoms. The molecular formula is C8H8ClNOS. The van der Waals surface area contributed by atoms with Gasteiger partial charge in [0, 0.05) is 15.5 Å². The second-order valence-corrected chi connectivity index (χ2v) is 3.42. The molecule has 64 valence electrons. The first kappa shape index (κ1) is 9.42. The normalized spacial score (nSPS) is 10.8. The second kappa shape index (κ2) is 4.38. The van der Waals surface area contributed by atoms with Crippen LogP contribution in [-0.4, -0.2) is 17.7 Å². The van der Waals surface area contributed by atoms with Crippen LogP contribution in [0, 0.1) is 0 Å². The topological polar surface area (TPSA) is 32.6 Å². The van der Waals surface area contributed by atoms with Gasteiger partial charge in [-0.2, -0.15) is 0 Å². The van der Waals surface area contributed by atoms with E-state index in [9.17, 15) is 0 Å². The van der Waals surface area contributed by atoms with E-state index in [2.05, 4.69) is 5.16 Å². The molecule has 1 aromatic rings. The first-order chi connectivity index (χ1) is 5.77. The largest absolute Gasteiger partial charge is 0.411 e. The van der Waals surface area contributed by atoms with Crippen LogP contribution in [0.2, 0.25) is 5.02 Å². The Balaban J connectivity index is 3.10. The molecule has 0 saturated heterocycles. The molecule has 1 N–H and O–H groups in total. The number of hydrogen-bond donors (Lipinski definition) is 1. The van der Waals surface area contributed by atoms with Gasteiger partial charge in [0.15, 0.2) is 0 Å². The van der Waals surface area contributed by atoms with Gasteiger partial charge < -0.3 is 5.21 Å². The maximum Gasteiger partial charge on any atom is 0.0745 e. The summed E-state index contributed by atoms with van der Waals surface area (Å²) in [7, 11) is 0. The van der Waals surface area contributed by atoms with Crippen LogP contribution in [0.4, 0.5) is 0 Å². The van der Waals surface area contributed by atoms with Crippen LogP contribution in [-0.2, 0) is 0 Å². The van der Waals surface area contributed by atoms with Crippen molar-refractivity contribution < 1.29 is 5.21 Å². The lowest BCUT2D eigenvalue weighted by Crippen LogP contribution is -1.84. The lowest BCUT2D eigenvalue weighted by Gasteiger charge is -2.01. The summed E-state index contributed by atoms with van der Waals surface area (Å²) >= 11 is 7.34. The molecule has 0 amide bonds. The van der Waals surface area contributed by atoms with Crippen LogP contribution in [0.1, 0.15) is 5.56 Å². The maximum atomic E-state index is 8.34. The van der Waals surface area contributed by atoms with Crippen LogP contribution in [0.3, 0.4) is 0 Å². The fourth-order valence-corrected chi connectivity index (χ4v) is 1.69. The third kappa shape index (κ3) is 2.16. The van der Waals surface area contributed by atoms with E-state index in [1.807, 2.05) is 18.4 Å². The van der Waals surface area contributed by atoms with E-state index >= 15 is 0 Å². The van der Waals surface area contributed by atoms with Gasteiger partial charge in [0.2, 0.25) is 0 Å².